The van der Waals surface area contributed by atoms with E-state index in [1.807, 2.05) is 12.1 Å². The first-order valence-corrected chi connectivity index (χ1v) is 8.34. The summed E-state index contributed by atoms with van der Waals surface area (Å²) in [6.07, 6.45) is 1.80. The molecule has 0 saturated carbocycles. The number of carbonyl (C=O) groups is 2. The van der Waals surface area contributed by atoms with Crippen LogP contribution in [0.2, 0.25) is 0 Å². The van der Waals surface area contributed by atoms with Crippen molar-refractivity contribution in [2.75, 3.05) is 41.0 Å². The van der Waals surface area contributed by atoms with Gasteiger partial charge >= 0.3 is 0 Å². The Hall–Kier alpha value is -2.28. The van der Waals surface area contributed by atoms with Crippen LogP contribution in [0.1, 0.15) is 18.4 Å². The van der Waals surface area contributed by atoms with Crippen molar-refractivity contribution in [1.82, 2.24) is 10.2 Å². The fourth-order valence-corrected chi connectivity index (χ4v) is 2.94. The average molecular weight is 350 g/mol. The summed E-state index contributed by atoms with van der Waals surface area (Å²) in [6.45, 7) is 1.39. The van der Waals surface area contributed by atoms with E-state index >= 15 is 0 Å². The molecule has 1 aliphatic heterocycles. The number of nitrogens with zero attached hydrogens (tertiary/aromatic N) is 1. The summed E-state index contributed by atoms with van der Waals surface area (Å²) in [6, 6.07) is 5.55. The van der Waals surface area contributed by atoms with Gasteiger partial charge in [-0.05, 0) is 30.5 Å². The van der Waals surface area contributed by atoms with Gasteiger partial charge in [0.25, 0.3) is 0 Å². The van der Waals surface area contributed by atoms with E-state index in [2.05, 4.69) is 5.32 Å². The van der Waals surface area contributed by atoms with Crippen molar-refractivity contribution in [2.45, 2.75) is 25.3 Å². The van der Waals surface area contributed by atoms with E-state index in [0.717, 1.165) is 18.4 Å². The zero-order chi connectivity index (χ0) is 18.2. The van der Waals surface area contributed by atoms with Crippen LogP contribution in [0.4, 0.5) is 0 Å². The van der Waals surface area contributed by atoms with Crippen molar-refractivity contribution in [3.63, 3.8) is 0 Å². The third-order valence-electron chi connectivity index (χ3n) is 4.29. The van der Waals surface area contributed by atoms with Gasteiger partial charge in [0.05, 0.1) is 20.6 Å². The molecule has 0 unspecified atom stereocenters. The van der Waals surface area contributed by atoms with E-state index in [1.54, 1.807) is 25.2 Å². The first kappa shape index (κ1) is 19.1. The zero-order valence-electron chi connectivity index (χ0n) is 15.0. The fourth-order valence-electron chi connectivity index (χ4n) is 2.94. The first-order chi connectivity index (χ1) is 12.1. The van der Waals surface area contributed by atoms with E-state index in [-0.39, 0.29) is 30.9 Å². The third kappa shape index (κ3) is 5.35. The van der Waals surface area contributed by atoms with Crippen LogP contribution < -0.4 is 14.8 Å². The van der Waals surface area contributed by atoms with E-state index in [0.29, 0.717) is 24.6 Å². The number of methoxy groups -OCH3 is 3. The summed E-state index contributed by atoms with van der Waals surface area (Å²) in [7, 11) is 4.66. The fraction of sp³-hybridized carbons (Fsp3) is 0.556. The Bertz CT molecular complexity index is 597. The van der Waals surface area contributed by atoms with Crippen molar-refractivity contribution in [2.24, 2.45) is 0 Å². The maximum absolute atomic E-state index is 12.3. The lowest BCUT2D eigenvalue weighted by Crippen LogP contribution is -2.47. The number of nitrogens with one attached hydrogen (secondary N) is 1. The van der Waals surface area contributed by atoms with E-state index in [9.17, 15) is 9.59 Å². The molecule has 7 nitrogen and oxygen atoms in total. The van der Waals surface area contributed by atoms with E-state index in [4.69, 9.17) is 14.2 Å². The maximum atomic E-state index is 12.3. The van der Waals surface area contributed by atoms with Gasteiger partial charge in [-0.1, -0.05) is 6.07 Å². The van der Waals surface area contributed by atoms with Crippen molar-refractivity contribution in [1.29, 1.82) is 0 Å². The Morgan fingerprint density at radius 1 is 1.12 bits per heavy atom. The molecule has 1 fully saturated rings. The van der Waals surface area contributed by atoms with Gasteiger partial charge in [0.15, 0.2) is 11.5 Å². The Morgan fingerprint density at radius 2 is 1.80 bits per heavy atom. The summed E-state index contributed by atoms with van der Waals surface area (Å²) in [4.78, 5) is 25.8. The molecular weight excluding hydrogens is 324 g/mol. The van der Waals surface area contributed by atoms with Gasteiger partial charge in [-0.3, -0.25) is 9.59 Å². The smallest absolute Gasteiger partial charge is 0.248 e. The van der Waals surface area contributed by atoms with Crippen LogP contribution in [0.15, 0.2) is 18.2 Å². The Kier molecular flexibility index (Phi) is 7.06. The lowest BCUT2D eigenvalue weighted by molar-refractivity contribution is -0.136. The van der Waals surface area contributed by atoms with E-state index in [1.165, 1.54) is 7.11 Å². The molecule has 2 rings (SSSR count). The highest BCUT2D eigenvalue weighted by molar-refractivity contribution is 5.79. The Morgan fingerprint density at radius 3 is 2.40 bits per heavy atom. The van der Waals surface area contributed by atoms with Crippen molar-refractivity contribution < 1.29 is 23.8 Å². The minimum Gasteiger partial charge on any atom is -0.493 e. The van der Waals surface area contributed by atoms with Gasteiger partial charge in [0, 0.05) is 26.2 Å². The van der Waals surface area contributed by atoms with Gasteiger partial charge in [0.2, 0.25) is 11.8 Å². The molecule has 0 aliphatic carbocycles. The van der Waals surface area contributed by atoms with Crippen LogP contribution in [0.3, 0.4) is 0 Å². The molecule has 0 radical (unpaired) electrons. The molecule has 138 valence electrons. The maximum Gasteiger partial charge on any atom is 0.248 e. The predicted octanol–water partition coefficient (Wildman–Crippen LogP) is 1.000. The number of piperidine rings is 1. The molecule has 1 aromatic carbocycles. The van der Waals surface area contributed by atoms with Gasteiger partial charge in [-0.15, -0.1) is 0 Å². The van der Waals surface area contributed by atoms with Crippen LogP contribution in [-0.2, 0) is 20.7 Å². The molecule has 0 bridgehead atoms. The average Bonchev–Trinajstić information content (AvgIpc) is 2.62. The molecule has 25 heavy (non-hydrogen) atoms. The SMILES string of the molecule is COCC(=O)N1CCC(NC(=O)Cc2ccc(OC)c(OC)c2)CC1. The molecule has 2 amide bonds. The molecule has 0 atom stereocenters. The molecular formula is C18H26N2O5. The van der Waals surface area contributed by atoms with Crippen molar-refractivity contribution in [3.8, 4) is 11.5 Å². The molecule has 1 aliphatic rings. The molecule has 1 aromatic rings. The second-order valence-electron chi connectivity index (χ2n) is 6.02. The van der Waals surface area contributed by atoms with Crippen LogP contribution in [0, 0.1) is 0 Å². The van der Waals surface area contributed by atoms with Gasteiger partial charge in [0.1, 0.15) is 6.61 Å². The van der Waals surface area contributed by atoms with Crippen molar-refractivity contribution in [3.05, 3.63) is 23.8 Å². The summed E-state index contributed by atoms with van der Waals surface area (Å²) in [5, 5.41) is 3.04. The van der Waals surface area contributed by atoms with Crippen LogP contribution in [0.25, 0.3) is 0 Å². The van der Waals surface area contributed by atoms with Gasteiger partial charge in [-0.2, -0.15) is 0 Å². The number of amides is 2. The summed E-state index contributed by atoms with van der Waals surface area (Å²) in [5.41, 5.74) is 0.864. The standard InChI is InChI=1S/C18H26N2O5/c1-23-12-18(22)20-8-6-14(7-9-20)19-17(21)11-13-4-5-15(24-2)16(10-13)25-3/h4-5,10,14H,6-9,11-12H2,1-3H3,(H,19,21). The topological polar surface area (TPSA) is 77.1 Å². The number of carbonyl (C=O) groups excluding carboxylic acids is 2. The number of likely N-dealkylation sites (tertiary alicyclic amines) is 1. The first-order valence-electron chi connectivity index (χ1n) is 8.34. The van der Waals surface area contributed by atoms with Gasteiger partial charge < -0.3 is 24.4 Å². The molecule has 0 spiro atoms. The predicted molar refractivity (Wildman–Crippen MR) is 92.9 cm³/mol. The van der Waals surface area contributed by atoms with Gasteiger partial charge in [-0.25, -0.2) is 0 Å². The second-order valence-corrected chi connectivity index (χ2v) is 6.02. The van der Waals surface area contributed by atoms with Crippen LogP contribution >= 0.6 is 0 Å². The third-order valence-corrected chi connectivity index (χ3v) is 4.29. The number of benzene rings is 1. The summed E-state index contributed by atoms with van der Waals surface area (Å²) >= 11 is 0. The Labute approximate surface area is 148 Å². The lowest BCUT2D eigenvalue weighted by atomic mass is 10.0. The highest BCUT2D eigenvalue weighted by atomic mass is 16.5. The number of rotatable bonds is 7. The largest absolute Gasteiger partial charge is 0.493 e. The normalized spacial score (nSPS) is 14.9. The quantitative estimate of drug-likeness (QED) is 0.794. The number of ether oxygens (including phenoxy) is 3. The summed E-state index contributed by atoms with van der Waals surface area (Å²) in [5.74, 6) is 1.21. The monoisotopic (exact) mass is 350 g/mol. The molecule has 1 heterocycles. The second kappa shape index (κ2) is 9.27. The van der Waals surface area contributed by atoms with Crippen molar-refractivity contribution >= 4 is 11.8 Å². The number of hydrogen-bond acceptors (Lipinski definition) is 5. The van der Waals surface area contributed by atoms with E-state index < -0.39 is 0 Å². The highest BCUT2D eigenvalue weighted by Gasteiger charge is 2.23. The summed E-state index contributed by atoms with van der Waals surface area (Å²) < 4.78 is 15.3. The number of hydrogen-bond donors (Lipinski definition) is 1. The zero-order valence-corrected chi connectivity index (χ0v) is 15.0. The minimum absolute atomic E-state index is 0.00222. The minimum atomic E-state index is -0.0334. The Balaban J connectivity index is 1.82. The molecule has 7 heteroatoms. The van der Waals surface area contributed by atoms with Crippen LogP contribution in [0.5, 0.6) is 11.5 Å². The molecule has 1 N–H and O–H groups in total. The lowest BCUT2D eigenvalue weighted by Gasteiger charge is -2.32. The molecule has 0 aromatic heterocycles. The molecule has 1 saturated heterocycles. The van der Waals surface area contributed by atoms with Crippen LogP contribution in [-0.4, -0.2) is 63.8 Å². The highest BCUT2D eigenvalue weighted by Crippen LogP contribution is 2.27.